The zero-order valence-electron chi connectivity index (χ0n) is 9.54. The molecule has 0 bridgehead atoms. The molecule has 0 aliphatic heterocycles. The minimum Gasteiger partial charge on any atom is -0.256 e. The first-order chi connectivity index (χ1) is 8.81. The van der Waals surface area contributed by atoms with E-state index in [0.717, 1.165) is 11.3 Å². The average Bonchev–Trinajstić information content (AvgIpc) is 2.46. The molecule has 0 heterocycles. The van der Waals surface area contributed by atoms with Crippen LogP contribution in [0.3, 0.4) is 0 Å². The van der Waals surface area contributed by atoms with Crippen molar-refractivity contribution in [3.8, 4) is 12.1 Å². The second-order valence-corrected chi connectivity index (χ2v) is 3.65. The lowest BCUT2D eigenvalue weighted by Crippen LogP contribution is -1.81. The highest BCUT2D eigenvalue weighted by Crippen LogP contribution is 2.12. The SMILES string of the molecule is N#Cc1ccc(C=Nc2ccc(C#N)cc2)cc1. The van der Waals surface area contributed by atoms with Crippen molar-refractivity contribution >= 4 is 11.9 Å². The van der Waals surface area contributed by atoms with Gasteiger partial charge in [0.2, 0.25) is 0 Å². The first-order valence-electron chi connectivity index (χ1n) is 5.36. The van der Waals surface area contributed by atoms with Gasteiger partial charge in [0.15, 0.2) is 0 Å². The minimum absolute atomic E-state index is 0.618. The third kappa shape index (κ3) is 2.81. The van der Waals surface area contributed by atoms with Crippen LogP contribution in [-0.2, 0) is 0 Å². The van der Waals surface area contributed by atoms with E-state index in [9.17, 15) is 0 Å². The van der Waals surface area contributed by atoms with Gasteiger partial charge in [-0.15, -0.1) is 0 Å². The number of benzene rings is 2. The van der Waals surface area contributed by atoms with Crippen molar-refractivity contribution in [2.24, 2.45) is 4.99 Å². The van der Waals surface area contributed by atoms with Crippen molar-refractivity contribution in [3.63, 3.8) is 0 Å². The summed E-state index contributed by atoms with van der Waals surface area (Å²) in [5.41, 5.74) is 2.97. The van der Waals surface area contributed by atoms with Gasteiger partial charge in [-0.3, -0.25) is 4.99 Å². The Morgan fingerprint density at radius 1 is 0.778 bits per heavy atom. The molecule has 84 valence electrons. The molecule has 0 spiro atoms. The van der Waals surface area contributed by atoms with Gasteiger partial charge in [-0.2, -0.15) is 10.5 Å². The Kier molecular flexibility index (Phi) is 3.49. The molecule has 2 aromatic rings. The number of aliphatic imine (C=N–C) groups is 1. The highest BCUT2D eigenvalue weighted by atomic mass is 14.7. The molecule has 0 amide bonds. The number of rotatable bonds is 2. The first kappa shape index (κ1) is 11.6. The first-order valence-corrected chi connectivity index (χ1v) is 5.36. The van der Waals surface area contributed by atoms with Crippen molar-refractivity contribution in [2.45, 2.75) is 0 Å². The fraction of sp³-hybridized carbons (Fsp3) is 0. The van der Waals surface area contributed by atoms with Crippen LogP contribution < -0.4 is 0 Å². The van der Waals surface area contributed by atoms with E-state index in [0.29, 0.717) is 11.1 Å². The van der Waals surface area contributed by atoms with Gasteiger partial charge in [0.1, 0.15) is 0 Å². The number of nitriles is 2. The number of nitrogens with zero attached hydrogens (tertiary/aromatic N) is 3. The molecule has 18 heavy (non-hydrogen) atoms. The lowest BCUT2D eigenvalue weighted by Gasteiger charge is -1.95. The lowest BCUT2D eigenvalue weighted by atomic mass is 10.1. The summed E-state index contributed by atoms with van der Waals surface area (Å²) in [5, 5.41) is 17.3. The van der Waals surface area contributed by atoms with Crippen LogP contribution in [0.2, 0.25) is 0 Å². The Hall–Kier alpha value is -2.91. The van der Waals surface area contributed by atoms with Crippen molar-refractivity contribution in [1.29, 1.82) is 10.5 Å². The molecule has 0 N–H and O–H groups in total. The summed E-state index contributed by atoms with van der Waals surface area (Å²) < 4.78 is 0. The van der Waals surface area contributed by atoms with E-state index in [1.165, 1.54) is 0 Å². The van der Waals surface area contributed by atoms with E-state index in [-0.39, 0.29) is 0 Å². The van der Waals surface area contributed by atoms with E-state index in [1.54, 1.807) is 42.6 Å². The number of hydrogen-bond donors (Lipinski definition) is 0. The molecular formula is C15H9N3. The monoisotopic (exact) mass is 231 g/mol. The molecule has 0 radical (unpaired) electrons. The van der Waals surface area contributed by atoms with Crippen LogP contribution in [0.5, 0.6) is 0 Å². The van der Waals surface area contributed by atoms with Crippen molar-refractivity contribution in [3.05, 3.63) is 65.2 Å². The Morgan fingerprint density at radius 2 is 1.28 bits per heavy atom. The van der Waals surface area contributed by atoms with Crippen molar-refractivity contribution in [2.75, 3.05) is 0 Å². The normalized spacial score (nSPS) is 9.89. The molecule has 0 atom stereocenters. The maximum atomic E-state index is 8.68. The number of hydrogen-bond acceptors (Lipinski definition) is 3. The third-order valence-corrected chi connectivity index (χ3v) is 2.40. The summed E-state index contributed by atoms with van der Waals surface area (Å²) in [6.45, 7) is 0. The largest absolute Gasteiger partial charge is 0.256 e. The van der Waals surface area contributed by atoms with Gasteiger partial charge >= 0.3 is 0 Å². The average molecular weight is 231 g/mol. The Balaban J connectivity index is 2.14. The fourth-order valence-corrected chi connectivity index (χ4v) is 1.41. The Morgan fingerprint density at radius 3 is 1.78 bits per heavy atom. The third-order valence-electron chi connectivity index (χ3n) is 2.40. The summed E-state index contributed by atoms with van der Waals surface area (Å²) in [4.78, 5) is 4.29. The predicted molar refractivity (Wildman–Crippen MR) is 69.6 cm³/mol. The molecule has 0 saturated heterocycles. The van der Waals surface area contributed by atoms with E-state index < -0.39 is 0 Å². The van der Waals surface area contributed by atoms with E-state index >= 15 is 0 Å². The van der Waals surface area contributed by atoms with Crippen molar-refractivity contribution in [1.82, 2.24) is 0 Å². The standard InChI is InChI=1S/C15H9N3/c16-9-12-1-3-14(4-2-12)11-18-15-7-5-13(10-17)6-8-15/h1-8,11H. The second kappa shape index (κ2) is 5.43. The van der Waals surface area contributed by atoms with Gasteiger partial charge in [-0.05, 0) is 42.0 Å². The molecule has 0 aliphatic rings. The molecule has 0 fully saturated rings. The quantitative estimate of drug-likeness (QED) is 0.745. The van der Waals surface area contributed by atoms with Gasteiger partial charge in [-0.1, -0.05) is 12.1 Å². The summed E-state index contributed by atoms with van der Waals surface area (Å²) in [6.07, 6.45) is 1.72. The predicted octanol–water partition coefficient (Wildman–Crippen LogP) is 3.18. The molecule has 0 aliphatic carbocycles. The molecular weight excluding hydrogens is 222 g/mol. The highest BCUT2D eigenvalue weighted by Gasteiger charge is 1.92. The van der Waals surface area contributed by atoms with Crippen LogP contribution in [0, 0.1) is 22.7 Å². The van der Waals surface area contributed by atoms with Gasteiger partial charge in [0, 0.05) is 6.21 Å². The molecule has 3 nitrogen and oxygen atoms in total. The van der Waals surface area contributed by atoms with Gasteiger partial charge in [0.05, 0.1) is 29.0 Å². The fourth-order valence-electron chi connectivity index (χ4n) is 1.41. The van der Waals surface area contributed by atoms with Crippen LogP contribution in [0.4, 0.5) is 5.69 Å². The van der Waals surface area contributed by atoms with Crippen LogP contribution in [0.15, 0.2) is 53.5 Å². The molecule has 0 saturated carbocycles. The molecule has 3 heteroatoms. The molecule has 0 unspecified atom stereocenters. The van der Waals surface area contributed by atoms with E-state index in [4.69, 9.17) is 10.5 Å². The van der Waals surface area contributed by atoms with Crippen LogP contribution in [-0.4, -0.2) is 6.21 Å². The smallest absolute Gasteiger partial charge is 0.0991 e. The Labute approximate surface area is 105 Å². The summed E-state index contributed by atoms with van der Waals surface area (Å²) >= 11 is 0. The molecule has 2 rings (SSSR count). The topological polar surface area (TPSA) is 59.9 Å². The van der Waals surface area contributed by atoms with Crippen LogP contribution >= 0.6 is 0 Å². The maximum absolute atomic E-state index is 8.68. The van der Waals surface area contributed by atoms with Crippen LogP contribution in [0.1, 0.15) is 16.7 Å². The highest BCUT2D eigenvalue weighted by molar-refractivity contribution is 5.82. The zero-order chi connectivity index (χ0) is 12.8. The Bertz CT molecular complexity index is 579. The summed E-state index contributed by atoms with van der Waals surface area (Å²) in [5.74, 6) is 0. The maximum Gasteiger partial charge on any atom is 0.0991 e. The lowest BCUT2D eigenvalue weighted by molar-refractivity contribution is 1.46. The van der Waals surface area contributed by atoms with Gasteiger partial charge in [-0.25, -0.2) is 0 Å². The summed E-state index contributed by atoms with van der Waals surface area (Å²) in [7, 11) is 0. The minimum atomic E-state index is 0.618. The second-order valence-electron chi connectivity index (χ2n) is 3.65. The molecule has 2 aromatic carbocycles. The van der Waals surface area contributed by atoms with Gasteiger partial charge in [0.25, 0.3) is 0 Å². The van der Waals surface area contributed by atoms with Gasteiger partial charge < -0.3 is 0 Å². The molecule has 0 aromatic heterocycles. The van der Waals surface area contributed by atoms with E-state index in [2.05, 4.69) is 17.1 Å². The van der Waals surface area contributed by atoms with Crippen LogP contribution in [0.25, 0.3) is 0 Å². The van der Waals surface area contributed by atoms with E-state index in [1.807, 2.05) is 12.1 Å². The summed E-state index contributed by atoms with van der Waals surface area (Å²) in [6, 6.07) is 18.3. The zero-order valence-corrected chi connectivity index (χ0v) is 9.54. The van der Waals surface area contributed by atoms with Crippen molar-refractivity contribution < 1.29 is 0 Å².